The zero-order valence-corrected chi connectivity index (χ0v) is 15.2. The smallest absolute Gasteiger partial charge is 0.341 e. The van der Waals surface area contributed by atoms with Gasteiger partial charge in [0, 0.05) is 0 Å². The molecular formula is C18H18ClN3O5. The third-order valence-corrected chi connectivity index (χ3v) is 3.42. The number of urea groups is 1. The molecule has 142 valence electrons. The summed E-state index contributed by atoms with van der Waals surface area (Å²) in [5.41, 5.74) is 3.45. The molecule has 0 saturated heterocycles. The maximum absolute atomic E-state index is 11.9. The van der Waals surface area contributed by atoms with Crippen molar-refractivity contribution in [1.29, 1.82) is 0 Å². The lowest BCUT2D eigenvalue weighted by atomic mass is 10.2. The van der Waals surface area contributed by atoms with Crippen LogP contribution in [0.2, 0.25) is 5.02 Å². The summed E-state index contributed by atoms with van der Waals surface area (Å²) in [6.45, 7) is 1.84. The van der Waals surface area contributed by atoms with Crippen molar-refractivity contribution >= 4 is 35.5 Å². The number of halogens is 1. The Balaban J connectivity index is 1.92. The molecule has 0 aliphatic rings. The first-order valence-electron chi connectivity index (χ1n) is 7.95. The highest BCUT2D eigenvalue weighted by atomic mass is 35.5. The summed E-state index contributed by atoms with van der Waals surface area (Å²) in [7, 11) is 0. The lowest BCUT2D eigenvalue weighted by Gasteiger charge is -2.10. The molecule has 0 heterocycles. The number of amides is 2. The number of hydrogen-bond acceptors (Lipinski definition) is 5. The molecule has 3 N–H and O–H groups in total. The van der Waals surface area contributed by atoms with Crippen LogP contribution in [0.5, 0.6) is 11.5 Å². The van der Waals surface area contributed by atoms with Gasteiger partial charge in [0.25, 0.3) is 0 Å². The number of carboxylic acid groups (broad SMARTS) is 1. The van der Waals surface area contributed by atoms with Gasteiger partial charge < -0.3 is 19.9 Å². The first-order valence-corrected chi connectivity index (χ1v) is 8.33. The second-order valence-corrected chi connectivity index (χ2v) is 5.53. The Morgan fingerprint density at radius 2 is 1.96 bits per heavy atom. The first-order chi connectivity index (χ1) is 13.0. The van der Waals surface area contributed by atoms with Crippen LogP contribution in [0.25, 0.3) is 0 Å². The van der Waals surface area contributed by atoms with E-state index in [9.17, 15) is 9.59 Å². The largest absolute Gasteiger partial charge is 0.492 e. The van der Waals surface area contributed by atoms with E-state index < -0.39 is 18.6 Å². The fraction of sp³-hybridized carbons (Fsp3) is 0.167. The van der Waals surface area contributed by atoms with Crippen molar-refractivity contribution in [2.24, 2.45) is 5.10 Å². The number of carboxylic acids is 1. The molecule has 9 heteroatoms. The van der Waals surface area contributed by atoms with Gasteiger partial charge in [0.2, 0.25) is 0 Å². The molecule has 0 saturated carbocycles. The Labute approximate surface area is 160 Å². The van der Waals surface area contributed by atoms with Crippen molar-refractivity contribution in [3.63, 3.8) is 0 Å². The van der Waals surface area contributed by atoms with E-state index in [4.69, 9.17) is 26.2 Å². The maximum atomic E-state index is 11.9. The van der Waals surface area contributed by atoms with Crippen molar-refractivity contribution in [3.8, 4) is 11.5 Å². The third-order valence-electron chi connectivity index (χ3n) is 3.12. The van der Waals surface area contributed by atoms with Crippen LogP contribution in [-0.2, 0) is 4.79 Å². The number of carbonyl (C=O) groups is 2. The molecule has 27 heavy (non-hydrogen) atoms. The number of carbonyl (C=O) groups excluding carboxylic acids is 1. The molecule has 0 spiro atoms. The second-order valence-electron chi connectivity index (χ2n) is 5.13. The van der Waals surface area contributed by atoms with Gasteiger partial charge >= 0.3 is 12.0 Å². The maximum Gasteiger partial charge on any atom is 0.341 e. The van der Waals surface area contributed by atoms with E-state index >= 15 is 0 Å². The molecule has 0 fully saturated rings. The molecule has 0 atom stereocenters. The Hall–Kier alpha value is -3.26. The molecule has 0 aliphatic carbocycles. The Kier molecular flexibility index (Phi) is 7.45. The molecule has 0 unspecified atom stereocenters. The number of benzene rings is 2. The number of hydrogen-bond donors (Lipinski definition) is 3. The van der Waals surface area contributed by atoms with Crippen LogP contribution < -0.4 is 20.2 Å². The summed E-state index contributed by atoms with van der Waals surface area (Å²) < 4.78 is 10.5. The van der Waals surface area contributed by atoms with Crippen LogP contribution in [0.15, 0.2) is 47.6 Å². The average molecular weight is 392 g/mol. The lowest BCUT2D eigenvalue weighted by molar-refractivity contribution is -0.139. The normalized spacial score (nSPS) is 10.4. The second kappa shape index (κ2) is 10.0. The number of hydrazone groups is 1. The predicted octanol–water partition coefficient (Wildman–Crippen LogP) is 3.36. The zero-order valence-electron chi connectivity index (χ0n) is 14.4. The van der Waals surface area contributed by atoms with E-state index in [1.165, 1.54) is 18.3 Å². The van der Waals surface area contributed by atoms with E-state index in [0.717, 1.165) is 0 Å². The SMILES string of the molecule is CCOc1ccccc1NC(=O)N/N=C/c1ccc(OCC(=O)O)c(Cl)c1. The molecule has 0 radical (unpaired) electrons. The fourth-order valence-electron chi connectivity index (χ4n) is 2.02. The minimum Gasteiger partial charge on any atom is -0.492 e. The van der Waals surface area contributed by atoms with Gasteiger partial charge in [0.15, 0.2) is 6.61 Å². The molecule has 0 aliphatic heterocycles. The Bertz CT molecular complexity index is 841. The summed E-state index contributed by atoms with van der Waals surface area (Å²) >= 11 is 6.02. The van der Waals surface area contributed by atoms with Crippen molar-refractivity contribution < 1.29 is 24.2 Å². The van der Waals surface area contributed by atoms with Gasteiger partial charge in [-0.3, -0.25) is 0 Å². The monoisotopic (exact) mass is 391 g/mol. The molecular weight excluding hydrogens is 374 g/mol. The third kappa shape index (κ3) is 6.52. The van der Waals surface area contributed by atoms with Gasteiger partial charge in [0.1, 0.15) is 11.5 Å². The van der Waals surface area contributed by atoms with Crippen molar-refractivity contribution in [2.45, 2.75) is 6.92 Å². The number of aliphatic carboxylic acids is 1. The number of nitrogens with one attached hydrogen (secondary N) is 2. The minimum absolute atomic E-state index is 0.232. The molecule has 8 nitrogen and oxygen atoms in total. The van der Waals surface area contributed by atoms with Crippen molar-refractivity contribution in [2.75, 3.05) is 18.5 Å². The van der Waals surface area contributed by atoms with Gasteiger partial charge in [-0.2, -0.15) is 5.10 Å². The van der Waals surface area contributed by atoms with Crippen LogP contribution in [0.3, 0.4) is 0 Å². The molecule has 2 aromatic carbocycles. The number of anilines is 1. The van der Waals surface area contributed by atoms with Crippen LogP contribution in [0.4, 0.5) is 10.5 Å². The Morgan fingerprint density at radius 1 is 1.19 bits per heavy atom. The minimum atomic E-state index is -1.10. The molecule has 0 bridgehead atoms. The summed E-state index contributed by atoms with van der Waals surface area (Å²) in [5, 5.41) is 15.3. The van der Waals surface area contributed by atoms with E-state index in [-0.39, 0.29) is 10.8 Å². The average Bonchev–Trinajstić information content (AvgIpc) is 2.63. The summed E-state index contributed by atoms with van der Waals surface area (Å²) in [6.07, 6.45) is 1.39. The highest BCUT2D eigenvalue weighted by Gasteiger charge is 2.07. The summed E-state index contributed by atoms with van der Waals surface area (Å²) in [4.78, 5) is 22.4. The van der Waals surface area contributed by atoms with E-state index in [2.05, 4.69) is 15.8 Å². The summed E-state index contributed by atoms with van der Waals surface area (Å²) in [5.74, 6) is -0.296. The van der Waals surface area contributed by atoms with Crippen LogP contribution in [0, 0.1) is 0 Å². The van der Waals surface area contributed by atoms with Gasteiger partial charge in [-0.15, -0.1) is 0 Å². The van der Waals surface area contributed by atoms with Gasteiger partial charge in [-0.25, -0.2) is 15.0 Å². The topological polar surface area (TPSA) is 109 Å². The number of ether oxygens (including phenoxy) is 2. The van der Waals surface area contributed by atoms with E-state index in [1.807, 2.05) is 6.92 Å². The predicted molar refractivity (Wildman–Crippen MR) is 102 cm³/mol. The number of nitrogens with zero attached hydrogens (tertiary/aromatic N) is 1. The zero-order chi connectivity index (χ0) is 19.6. The number of rotatable bonds is 8. The van der Waals surface area contributed by atoms with E-state index in [0.29, 0.717) is 23.6 Å². The molecule has 0 aromatic heterocycles. The number of para-hydroxylation sites is 2. The van der Waals surface area contributed by atoms with E-state index in [1.54, 1.807) is 30.3 Å². The van der Waals surface area contributed by atoms with Crippen LogP contribution in [-0.4, -0.2) is 36.5 Å². The van der Waals surface area contributed by atoms with Crippen LogP contribution >= 0.6 is 11.6 Å². The summed E-state index contributed by atoms with van der Waals surface area (Å²) in [6, 6.07) is 11.2. The van der Waals surface area contributed by atoms with Crippen LogP contribution in [0.1, 0.15) is 12.5 Å². The molecule has 2 rings (SSSR count). The van der Waals surface area contributed by atoms with Gasteiger partial charge in [-0.1, -0.05) is 23.7 Å². The van der Waals surface area contributed by atoms with Gasteiger partial charge in [0.05, 0.1) is 23.5 Å². The van der Waals surface area contributed by atoms with Crippen molar-refractivity contribution in [3.05, 3.63) is 53.1 Å². The Morgan fingerprint density at radius 3 is 2.67 bits per heavy atom. The highest BCUT2D eigenvalue weighted by Crippen LogP contribution is 2.25. The lowest BCUT2D eigenvalue weighted by Crippen LogP contribution is -2.24. The quantitative estimate of drug-likeness (QED) is 0.472. The molecule has 2 amide bonds. The molecule has 2 aromatic rings. The van der Waals surface area contributed by atoms with Crippen molar-refractivity contribution in [1.82, 2.24) is 5.43 Å². The fourth-order valence-corrected chi connectivity index (χ4v) is 2.26. The standard InChI is InChI=1S/C18H18ClN3O5/c1-2-26-16-6-4-3-5-14(16)21-18(25)22-20-10-12-7-8-15(13(19)9-12)27-11-17(23)24/h3-10H,2,11H2,1H3,(H,23,24)(H2,21,22,25)/b20-10+. The first kappa shape index (κ1) is 20.1. The highest BCUT2D eigenvalue weighted by molar-refractivity contribution is 6.32. The van der Waals surface area contributed by atoms with Gasteiger partial charge in [-0.05, 0) is 42.8 Å².